The minimum atomic E-state index is -0.578. The van der Waals surface area contributed by atoms with Gasteiger partial charge in [-0.3, -0.25) is 24.6 Å². The first-order valence-corrected chi connectivity index (χ1v) is 9.86. The minimum absolute atomic E-state index is 0.128. The fourth-order valence-electron chi connectivity index (χ4n) is 4.35. The van der Waals surface area contributed by atoms with Gasteiger partial charge in [0.05, 0.1) is 12.7 Å². The molecule has 150 valence electrons. The van der Waals surface area contributed by atoms with E-state index in [0.29, 0.717) is 31.7 Å². The molecule has 2 saturated heterocycles. The van der Waals surface area contributed by atoms with Crippen LogP contribution in [-0.4, -0.2) is 65.9 Å². The van der Waals surface area contributed by atoms with Gasteiger partial charge in [-0.05, 0) is 30.0 Å². The average Bonchev–Trinajstić information content (AvgIpc) is 3.26. The molecule has 4 rings (SSSR count). The minimum Gasteiger partial charge on any atom is -0.376 e. The Kier molecular flexibility index (Phi) is 5.43. The Hall–Kier alpha value is -2.29. The number of carbonyl (C=O) groups is 3. The quantitative estimate of drug-likeness (QED) is 0.667. The fraction of sp³-hybridized carbons (Fsp3) is 0.550. The van der Waals surface area contributed by atoms with Gasteiger partial charge in [-0.15, -0.1) is 0 Å². The first-order valence-electron chi connectivity index (χ1n) is 9.86. The largest absolute Gasteiger partial charge is 0.376 e. The van der Waals surface area contributed by atoms with Crippen LogP contribution in [0.25, 0.3) is 0 Å². The number of piperidine rings is 1. The monoisotopic (exact) mass is 386 g/mol. The lowest BCUT2D eigenvalue weighted by Crippen LogP contribution is -2.52. The molecular weight excluding hydrogens is 360 g/mol. The van der Waals surface area contributed by atoms with Gasteiger partial charge >= 0.3 is 0 Å². The Morgan fingerprint density at radius 2 is 2.07 bits per heavy atom. The maximum Gasteiger partial charge on any atom is 0.255 e. The zero-order valence-electron chi connectivity index (χ0n) is 15.9. The van der Waals surface area contributed by atoms with Gasteiger partial charge in [0.25, 0.3) is 5.91 Å². The summed E-state index contributed by atoms with van der Waals surface area (Å²) in [5.41, 5.74) is 8.27. The van der Waals surface area contributed by atoms with Crippen LogP contribution in [0.2, 0.25) is 0 Å². The van der Waals surface area contributed by atoms with Crippen molar-refractivity contribution in [2.45, 2.75) is 44.5 Å². The normalized spacial score (nSPS) is 25.3. The molecule has 3 aliphatic rings. The summed E-state index contributed by atoms with van der Waals surface area (Å²) in [5.74, 6) is -0.776. The molecule has 3 aliphatic heterocycles. The zero-order valence-corrected chi connectivity index (χ0v) is 15.9. The fourth-order valence-corrected chi connectivity index (χ4v) is 4.35. The van der Waals surface area contributed by atoms with E-state index in [0.717, 1.165) is 37.2 Å². The third kappa shape index (κ3) is 3.67. The van der Waals surface area contributed by atoms with Crippen LogP contribution in [0.15, 0.2) is 18.2 Å². The molecule has 3 N–H and O–H groups in total. The van der Waals surface area contributed by atoms with E-state index in [1.807, 2.05) is 18.2 Å². The van der Waals surface area contributed by atoms with Crippen molar-refractivity contribution in [1.29, 1.82) is 0 Å². The van der Waals surface area contributed by atoms with Gasteiger partial charge in [-0.25, -0.2) is 0 Å². The average molecular weight is 386 g/mol. The van der Waals surface area contributed by atoms with Crippen LogP contribution in [0.3, 0.4) is 0 Å². The molecule has 3 amide bonds. The third-order valence-electron chi connectivity index (χ3n) is 5.77. The molecule has 3 heterocycles. The molecule has 0 spiro atoms. The summed E-state index contributed by atoms with van der Waals surface area (Å²) >= 11 is 0. The number of hydrogen-bond acceptors (Lipinski definition) is 6. The molecular formula is C20H26N4O4. The molecule has 8 heteroatoms. The van der Waals surface area contributed by atoms with Gasteiger partial charge in [0.2, 0.25) is 11.8 Å². The Balaban J connectivity index is 1.46. The topological polar surface area (TPSA) is 105 Å². The number of rotatable bonds is 6. The lowest BCUT2D eigenvalue weighted by Gasteiger charge is -2.29. The molecule has 1 aromatic rings. The summed E-state index contributed by atoms with van der Waals surface area (Å²) in [6.07, 6.45) is 1.84. The van der Waals surface area contributed by atoms with Crippen LogP contribution in [0.1, 0.15) is 40.7 Å². The number of nitrogens with zero attached hydrogens (tertiary/aromatic N) is 2. The van der Waals surface area contributed by atoms with Crippen molar-refractivity contribution in [3.05, 3.63) is 34.9 Å². The number of imide groups is 1. The Labute approximate surface area is 164 Å². The molecule has 1 aromatic carbocycles. The first-order chi connectivity index (χ1) is 13.6. The van der Waals surface area contributed by atoms with Gasteiger partial charge in [-0.1, -0.05) is 12.1 Å². The van der Waals surface area contributed by atoms with E-state index < -0.39 is 6.04 Å². The molecule has 2 atom stereocenters. The predicted molar refractivity (Wildman–Crippen MR) is 101 cm³/mol. The van der Waals surface area contributed by atoms with E-state index >= 15 is 0 Å². The number of ether oxygens (including phenoxy) is 1. The predicted octanol–water partition coefficient (Wildman–Crippen LogP) is -0.00280. The molecule has 2 unspecified atom stereocenters. The number of nitrogens with one attached hydrogen (secondary N) is 1. The highest BCUT2D eigenvalue weighted by atomic mass is 16.5. The molecule has 0 bridgehead atoms. The highest BCUT2D eigenvalue weighted by molar-refractivity contribution is 6.05. The van der Waals surface area contributed by atoms with E-state index in [9.17, 15) is 14.4 Å². The number of carbonyl (C=O) groups excluding carboxylic acids is 3. The maximum atomic E-state index is 12.9. The van der Waals surface area contributed by atoms with E-state index in [4.69, 9.17) is 10.5 Å². The lowest BCUT2D eigenvalue weighted by molar-refractivity contribution is -0.136. The lowest BCUT2D eigenvalue weighted by atomic mass is 10.0. The second-order valence-corrected chi connectivity index (χ2v) is 7.65. The van der Waals surface area contributed by atoms with Gasteiger partial charge in [0.1, 0.15) is 6.04 Å². The zero-order chi connectivity index (χ0) is 19.7. The molecule has 8 nitrogen and oxygen atoms in total. The number of hydrogen-bond donors (Lipinski definition) is 2. The molecule has 0 aliphatic carbocycles. The van der Waals surface area contributed by atoms with Crippen molar-refractivity contribution < 1.29 is 19.1 Å². The van der Waals surface area contributed by atoms with Crippen LogP contribution >= 0.6 is 0 Å². The second kappa shape index (κ2) is 7.98. The number of fused-ring (bicyclic) bond motifs is 1. The molecule has 0 saturated carbocycles. The van der Waals surface area contributed by atoms with E-state index in [-0.39, 0.29) is 30.2 Å². The van der Waals surface area contributed by atoms with Crippen LogP contribution in [0.4, 0.5) is 0 Å². The summed E-state index contributed by atoms with van der Waals surface area (Å²) in [6, 6.07) is 5.20. The summed E-state index contributed by atoms with van der Waals surface area (Å²) in [5, 5.41) is 2.35. The van der Waals surface area contributed by atoms with Crippen LogP contribution in [-0.2, 0) is 27.4 Å². The molecule has 2 fully saturated rings. The maximum absolute atomic E-state index is 12.9. The van der Waals surface area contributed by atoms with Crippen LogP contribution < -0.4 is 11.1 Å². The van der Waals surface area contributed by atoms with E-state index in [1.165, 1.54) is 0 Å². The number of likely N-dealkylation sites (tertiary alicyclic amines) is 1. The van der Waals surface area contributed by atoms with Crippen molar-refractivity contribution in [1.82, 2.24) is 15.1 Å². The number of benzene rings is 1. The van der Waals surface area contributed by atoms with Crippen molar-refractivity contribution in [3.8, 4) is 0 Å². The Morgan fingerprint density at radius 3 is 2.86 bits per heavy atom. The molecule has 0 radical (unpaired) electrons. The van der Waals surface area contributed by atoms with Gasteiger partial charge in [0, 0.05) is 44.7 Å². The van der Waals surface area contributed by atoms with Crippen molar-refractivity contribution in [2.24, 2.45) is 5.73 Å². The highest BCUT2D eigenvalue weighted by Gasteiger charge is 2.40. The first kappa shape index (κ1) is 19.0. The van der Waals surface area contributed by atoms with Gasteiger partial charge in [0.15, 0.2) is 0 Å². The smallest absolute Gasteiger partial charge is 0.255 e. The Morgan fingerprint density at radius 1 is 1.21 bits per heavy atom. The molecule has 0 aromatic heterocycles. The Bertz CT molecular complexity index is 796. The second-order valence-electron chi connectivity index (χ2n) is 7.65. The summed E-state index contributed by atoms with van der Waals surface area (Å²) in [6.45, 7) is 4.08. The van der Waals surface area contributed by atoms with E-state index in [2.05, 4.69) is 10.2 Å². The highest BCUT2D eigenvalue weighted by Crippen LogP contribution is 2.31. The third-order valence-corrected chi connectivity index (χ3v) is 5.77. The standard InChI is InChI=1S/C20H26N4O4/c21-7-9-28-14-6-8-23(11-14)10-13-2-1-3-15-16(13)12-24(20(15)27)17-4-5-18(25)22-19(17)26/h1-3,14,17H,4-12,21H2,(H,22,25,26). The number of nitrogens with two attached hydrogens (primary N) is 1. The summed E-state index contributed by atoms with van der Waals surface area (Å²) < 4.78 is 5.75. The molecule has 28 heavy (non-hydrogen) atoms. The van der Waals surface area contributed by atoms with Crippen LogP contribution in [0, 0.1) is 0 Å². The summed E-state index contributed by atoms with van der Waals surface area (Å²) in [7, 11) is 0. The van der Waals surface area contributed by atoms with Crippen molar-refractivity contribution in [2.75, 3.05) is 26.2 Å². The van der Waals surface area contributed by atoms with Crippen LogP contribution in [0.5, 0.6) is 0 Å². The number of amides is 3. The van der Waals surface area contributed by atoms with Gasteiger partial charge in [-0.2, -0.15) is 0 Å². The van der Waals surface area contributed by atoms with Gasteiger partial charge < -0.3 is 15.4 Å². The van der Waals surface area contributed by atoms with Crippen molar-refractivity contribution >= 4 is 17.7 Å². The van der Waals surface area contributed by atoms with E-state index in [1.54, 1.807) is 4.90 Å². The van der Waals surface area contributed by atoms with Crippen molar-refractivity contribution in [3.63, 3.8) is 0 Å². The SMILES string of the molecule is NCCOC1CCN(Cc2cccc3c2CN(C2CCC(=O)NC2=O)C3=O)C1. The summed E-state index contributed by atoms with van der Waals surface area (Å²) in [4.78, 5) is 40.5.